The van der Waals surface area contributed by atoms with Crippen LogP contribution >= 0.6 is 11.3 Å². The highest BCUT2D eigenvalue weighted by Crippen LogP contribution is 2.18. The van der Waals surface area contributed by atoms with Crippen molar-refractivity contribution >= 4 is 17.2 Å². The molecule has 3 rings (SSSR count). The maximum absolute atomic E-state index is 12.8. The molecule has 0 spiro atoms. The molecule has 0 fully saturated rings. The minimum Gasteiger partial charge on any atom is -0.484 e. The molecule has 0 aliphatic carbocycles. The molecule has 0 bridgehead atoms. The summed E-state index contributed by atoms with van der Waals surface area (Å²) in [5.41, 5.74) is 3.06. The lowest BCUT2D eigenvalue weighted by molar-refractivity contribution is -0.134. The van der Waals surface area contributed by atoms with Crippen LogP contribution in [0.25, 0.3) is 0 Å². The van der Waals surface area contributed by atoms with Gasteiger partial charge in [0.25, 0.3) is 5.91 Å². The third-order valence-electron chi connectivity index (χ3n) is 4.28. The van der Waals surface area contributed by atoms with Gasteiger partial charge >= 0.3 is 0 Å². The van der Waals surface area contributed by atoms with E-state index in [1.165, 1.54) is 0 Å². The largest absolute Gasteiger partial charge is 0.484 e. The first-order valence-corrected chi connectivity index (χ1v) is 9.25. The first-order valence-electron chi connectivity index (χ1n) is 8.37. The molecular formula is C19H22N4O2S. The molecule has 1 amide bonds. The van der Waals surface area contributed by atoms with Crippen molar-refractivity contribution in [2.45, 2.75) is 26.9 Å². The van der Waals surface area contributed by atoms with E-state index in [2.05, 4.69) is 10.1 Å². The molecule has 2 heterocycles. The Morgan fingerprint density at radius 3 is 2.62 bits per heavy atom. The van der Waals surface area contributed by atoms with Crippen LogP contribution in [0.1, 0.15) is 22.0 Å². The van der Waals surface area contributed by atoms with Crippen LogP contribution in [0.3, 0.4) is 0 Å². The summed E-state index contributed by atoms with van der Waals surface area (Å²) in [6, 6.07) is 9.37. The first-order chi connectivity index (χ1) is 12.5. The zero-order valence-corrected chi connectivity index (χ0v) is 16.0. The maximum atomic E-state index is 12.8. The van der Waals surface area contributed by atoms with Gasteiger partial charge in [0.15, 0.2) is 6.61 Å². The van der Waals surface area contributed by atoms with E-state index in [1.54, 1.807) is 22.4 Å². The van der Waals surface area contributed by atoms with Crippen molar-refractivity contribution in [1.82, 2.24) is 19.7 Å². The van der Waals surface area contributed by atoms with E-state index >= 15 is 0 Å². The lowest BCUT2D eigenvalue weighted by Gasteiger charge is -2.22. The third-order valence-corrected chi connectivity index (χ3v) is 5.04. The summed E-state index contributed by atoms with van der Waals surface area (Å²) in [4.78, 5) is 18.9. The Morgan fingerprint density at radius 2 is 2.00 bits per heavy atom. The summed E-state index contributed by atoms with van der Waals surface area (Å²) in [7, 11) is 1.91. The molecule has 0 unspecified atom stereocenters. The van der Waals surface area contributed by atoms with Crippen molar-refractivity contribution in [2.75, 3.05) is 6.61 Å². The van der Waals surface area contributed by atoms with Crippen LogP contribution in [0.15, 0.2) is 41.9 Å². The van der Waals surface area contributed by atoms with Gasteiger partial charge in [0, 0.05) is 36.4 Å². The number of ether oxygens (including phenoxy) is 1. The molecule has 1 aromatic carbocycles. The number of carbonyl (C=O) groups is 1. The number of nitrogens with zero attached hydrogens (tertiary/aromatic N) is 4. The Kier molecular flexibility index (Phi) is 5.68. The number of hydrogen-bond acceptors (Lipinski definition) is 5. The molecule has 6 nitrogen and oxygen atoms in total. The second-order valence-electron chi connectivity index (χ2n) is 6.05. The van der Waals surface area contributed by atoms with Gasteiger partial charge in [-0.25, -0.2) is 4.98 Å². The molecule has 26 heavy (non-hydrogen) atoms. The Bertz CT molecular complexity index is 859. The van der Waals surface area contributed by atoms with E-state index in [1.807, 2.05) is 61.3 Å². The van der Waals surface area contributed by atoms with E-state index < -0.39 is 0 Å². The van der Waals surface area contributed by atoms with Gasteiger partial charge in [-0.2, -0.15) is 5.10 Å². The summed E-state index contributed by atoms with van der Waals surface area (Å²) >= 11 is 1.54. The van der Waals surface area contributed by atoms with E-state index in [0.717, 1.165) is 22.0 Å². The molecular weight excluding hydrogens is 348 g/mol. The highest BCUT2D eigenvalue weighted by atomic mass is 32.1. The van der Waals surface area contributed by atoms with Crippen LogP contribution in [-0.2, 0) is 24.9 Å². The second kappa shape index (κ2) is 8.14. The quantitative estimate of drug-likeness (QED) is 0.641. The van der Waals surface area contributed by atoms with Gasteiger partial charge in [-0.15, -0.1) is 11.3 Å². The van der Waals surface area contributed by atoms with Crippen molar-refractivity contribution in [1.29, 1.82) is 0 Å². The number of carbonyl (C=O) groups excluding carboxylic acids is 1. The minimum atomic E-state index is -0.0771. The van der Waals surface area contributed by atoms with Crippen LogP contribution in [0.2, 0.25) is 0 Å². The van der Waals surface area contributed by atoms with Crippen molar-refractivity contribution in [2.24, 2.45) is 7.05 Å². The summed E-state index contributed by atoms with van der Waals surface area (Å²) in [6.45, 7) is 4.93. The smallest absolute Gasteiger partial charge is 0.261 e. The molecule has 3 aromatic rings. The van der Waals surface area contributed by atoms with Crippen LogP contribution < -0.4 is 4.74 Å². The molecule has 0 aliphatic heterocycles. The molecule has 7 heteroatoms. The fraction of sp³-hybridized carbons (Fsp3) is 0.316. The number of aromatic nitrogens is 3. The van der Waals surface area contributed by atoms with E-state index in [9.17, 15) is 4.79 Å². The summed E-state index contributed by atoms with van der Waals surface area (Å²) in [6.07, 6.45) is 1.75. The Hall–Kier alpha value is -2.67. The molecule has 0 aliphatic rings. The van der Waals surface area contributed by atoms with E-state index in [0.29, 0.717) is 18.8 Å². The SMILES string of the molecule is Cc1nn(C)c(C)c1CN(Cc1nccs1)C(=O)COc1ccccc1. The Labute approximate surface area is 157 Å². The average molecular weight is 370 g/mol. The molecule has 136 valence electrons. The fourth-order valence-electron chi connectivity index (χ4n) is 2.72. The topological polar surface area (TPSA) is 60.2 Å². The molecule has 0 saturated heterocycles. The second-order valence-corrected chi connectivity index (χ2v) is 7.03. The van der Waals surface area contributed by atoms with Gasteiger partial charge < -0.3 is 9.64 Å². The average Bonchev–Trinajstić information content (AvgIpc) is 3.23. The zero-order valence-electron chi connectivity index (χ0n) is 15.2. The minimum absolute atomic E-state index is 0.00620. The van der Waals surface area contributed by atoms with Crippen LogP contribution in [-0.4, -0.2) is 32.2 Å². The van der Waals surface area contributed by atoms with Crippen molar-refractivity contribution < 1.29 is 9.53 Å². The highest BCUT2D eigenvalue weighted by Gasteiger charge is 2.20. The van der Waals surface area contributed by atoms with Crippen LogP contribution in [0.5, 0.6) is 5.75 Å². The van der Waals surface area contributed by atoms with Gasteiger partial charge in [0.2, 0.25) is 0 Å². The van der Waals surface area contributed by atoms with Crippen molar-refractivity contribution in [3.63, 3.8) is 0 Å². The number of para-hydroxylation sites is 1. The number of thiazole rings is 1. The molecule has 0 saturated carbocycles. The number of amides is 1. The standard InChI is InChI=1S/C19H22N4O2S/c1-14-17(15(2)22(3)21-14)11-23(12-18-20-9-10-26-18)19(24)13-25-16-7-5-4-6-8-16/h4-10H,11-13H2,1-3H3. The van der Waals surface area contributed by atoms with Crippen molar-refractivity contribution in [3.8, 4) is 5.75 Å². The Balaban J connectivity index is 1.75. The molecule has 0 N–H and O–H groups in total. The number of hydrogen-bond donors (Lipinski definition) is 0. The predicted molar refractivity (Wildman–Crippen MR) is 101 cm³/mol. The fourth-order valence-corrected chi connectivity index (χ4v) is 3.35. The van der Waals surface area contributed by atoms with Gasteiger partial charge in [-0.1, -0.05) is 18.2 Å². The monoisotopic (exact) mass is 370 g/mol. The highest BCUT2D eigenvalue weighted by molar-refractivity contribution is 7.09. The maximum Gasteiger partial charge on any atom is 0.261 e. The number of benzene rings is 1. The zero-order chi connectivity index (χ0) is 18.5. The van der Waals surface area contributed by atoms with Crippen LogP contribution in [0, 0.1) is 13.8 Å². The summed E-state index contributed by atoms with van der Waals surface area (Å²) in [5, 5.41) is 7.26. The number of aryl methyl sites for hydroxylation is 2. The molecule has 0 atom stereocenters. The van der Waals surface area contributed by atoms with Gasteiger partial charge in [-0.3, -0.25) is 9.48 Å². The third kappa shape index (κ3) is 4.29. The van der Waals surface area contributed by atoms with Crippen molar-refractivity contribution in [3.05, 3.63) is 63.9 Å². The number of rotatable bonds is 7. The molecule has 0 radical (unpaired) electrons. The van der Waals surface area contributed by atoms with E-state index in [-0.39, 0.29) is 12.5 Å². The molecule has 2 aromatic heterocycles. The van der Waals surface area contributed by atoms with Gasteiger partial charge in [-0.05, 0) is 26.0 Å². The Morgan fingerprint density at radius 1 is 1.23 bits per heavy atom. The lowest BCUT2D eigenvalue weighted by Crippen LogP contribution is -2.34. The normalized spacial score (nSPS) is 10.7. The van der Waals surface area contributed by atoms with Crippen LogP contribution in [0.4, 0.5) is 0 Å². The van der Waals surface area contributed by atoms with Gasteiger partial charge in [0.1, 0.15) is 10.8 Å². The lowest BCUT2D eigenvalue weighted by atomic mass is 10.2. The van der Waals surface area contributed by atoms with E-state index in [4.69, 9.17) is 4.74 Å². The summed E-state index contributed by atoms with van der Waals surface area (Å²) < 4.78 is 7.49. The first kappa shape index (κ1) is 18.1. The van der Waals surface area contributed by atoms with Gasteiger partial charge in [0.05, 0.1) is 12.2 Å². The predicted octanol–water partition coefficient (Wildman–Crippen LogP) is 3.10. The summed E-state index contributed by atoms with van der Waals surface area (Å²) in [5.74, 6) is 0.607.